The third-order valence-electron chi connectivity index (χ3n) is 3.86. The number of nitrogens with two attached hydrogens (primary N) is 1. The summed E-state index contributed by atoms with van der Waals surface area (Å²) in [7, 11) is 4.02. The lowest BCUT2D eigenvalue weighted by Gasteiger charge is -2.32. The van der Waals surface area contributed by atoms with Crippen molar-refractivity contribution in [2.24, 2.45) is 11.7 Å². The van der Waals surface area contributed by atoms with Crippen LogP contribution in [0, 0.1) is 5.92 Å². The topological polar surface area (TPSA) is 49.6 Å². The second-order valence-corrected chi connectivity index (χ2v) is 6.44. The minimum absolute atomic E-state index is 0.0291. The molecule has 0 saturated carbocycles. The van der Waals surface area contributed by atoms with Crippen molar-refractivity contribution in [2.75, 3.05) is 33.7 Å². The average molecular weight is 281 g/mol. The quantitative estimate of drug-likeness (QED) is 0.911. The van der Waals surface area contributed by atoms with Gasteiger partial charge in [-0.3, -0.25) is 4.79 Å². The number of hydrogen-bond acceptors (Lipinski definition) is 4. The fourth-order valence-electron chi connectivity index (χ4n) is 2.55. The Bertz CT molecular complexity index is 399. The van der Waals surface area contributed by atoms with Crippen molar-refractivity contribution in [3.8, 4) is 0 Å². The molecule has 19 heavy (non-hydrogen) atoms. The number of thiophene rings is 1. The highest BCUT2D eigenvalue weighted by Gasteiger charge is 2.24. The zero-order chi connectivity index (χ0) is 13.8. The number of carbonyl (C=O) groups is 1. The molecule has 0 spiro atoms. The van der Waals surface area contributed by atoms with Gasteiger partial charge in [-0.05, 0) is 50.3 Å². The number of rotatable bonds is 4. The summed E-state index contributed by atoms with van der Waals surface area (Å²) in [6, 6.07) is 3.36. The van der Waals surface area contributed by atoms with Crippen LogP contribution in [-0.2, 0) is 4.79 Å². The number of nitrogens with zero attached hydrogens (tertiary/aromatic N) is 2. The normalized spacial score (nSPS) is 19.3. The van der Waals surface area contributed by atoms with Gasteiger partial charge in [-0.25, -0.2) is 0 Å². The van der Waals surface area contributed by atoms with E-state index in [1.807, 2.05) is 24.6 Å². The summed E-state index contributed by atoms with van der Waals surface area (Å²) >= 11 is 1.54. The van der Waals surface area contributed by atoms with Crippen LogP contribution in [0.25, 0.3) is 0 Å². The van der Waals surface area contributed by atoms with Gasteiger partial charge in [0.25, 0.3) is 0 Å². The Hall–Kier alpha value is -0.910. The molecule has 1 aromatic heterocycles. The maximum absolute atomic E-state index is 12.3. The number of hydrogen-bond donors (Lipinski definition) is 1. The number of likely N-dealkylation sites (N-methyl/N-ethyl adjacent to an activating group) is 1. The van der Waals surface area contributed by atoms with Gasteiger partial charge in [-0.2, -0.15) is 0 Å². The van der Waals surface area contributed by atoms with Crippen LogP contribution in [0.1, 0.15) is 23.8 Å². The Morgan fingerprint density at radius 2 is 2.26 bits per heavy atom. The van der Waals surface area contributed by atoms with E-state index in [-0.39, 0.29) is 5.91 Å². The van der Waals surface area contributed by atoms with Crippen LogP contribution in [0.4, 0.5) is 0 Å². The van der Waals surface area contributed by atoms with Crippen molar-refractivity contribution < 1.29 is 4.79 Å². The zero-order valence-electron chi connectivity index (χ0n) is 11.7. The molecule has 0 radical (unpaired) electrons. The van der Waals surface area contributed by atoms with Crippen molar-refractivity contribution >= 4 is 17.2 Å². The molecule has 1 aromatic rings. The van der Waals surface area contributed by atoms with Crippen LogP contribution in [0.15, 0.2) is 17.5 Å². The molecule has 0 aliphatic carbocycles. The number of carbonyl (C=O) groups excluding carboxylic acids is 1. The summed E-state index contributed by atoms with van der Waals surface area (Å²) in [5.74, 6) is 0.641. The van der Waals surface area contributed by atoms with Crippen LogP contribution in [-0.4, -0.2) is 49.4 Å². The Labute approximate surface area is 119 Å². The molecular formula is C14H23N3OS. The number of amides is 1. The molecule has 1 aliphatic rings. The summed E-state index contributed by atoms with van der Waals surface area (Å²) in [6.45, 7) is 3.08. The van der Waals surface area contributed by atoms with Crippen molar-refractivity contribution in [2.45, 2.75) is 18.9 Å². The molecule has 1 unspecified atom stereocenters. The number of piperidine rings is 1. The van der Waals surface area contributed by atoms with Gasteiger partial charge in [0, 0.05) is 18.5 Å². The molecule has 1 saturated heterocycles. The second-order valence-electron chi connectivity index (χ2n) is 5.46. The Balaban J connectivity index is 1.85. The van der Waals surface area contributed by atoms with Gasteiger partial charge in [0.05, 0.1) is 0 Å². The lowest BCUT2D eigenvalue weighted by molar-refractivity contribution is -0.132. The first kappa shape index (κ1) is 14.5. The van der Waals surface area contributed by atoms with Gasteiger partial charge < -0.3 is 15.5 Å². The predicted octanol–water partition coefficient (Wildman–Crippen LogP) is 1.55. The maximum Gasteiger partial charge on any atom is 0.244 e. The number of likely N-dealkylation sites (tertiary alicyclic amines) is 1. The van der Waals surface area contributed by atoms with Crippen LogP contribution in [0.2, 0.25) is 0 Å². The largest absolute Gasteiger partial charge is 0.344 e. The predicted molar refractivity (Wildman–Crippen MR) is 79.1 cm³/mol. The van der Waals surface area contributed by atoms with Crippen LogP contribution in [0.5, 0.6) is 0 Å². The van der Waals surface area contributed by atoms with Gasteiger partial charge in [0.15, 0.2) is 0 Å². The average Bonchev–Trinajstić information content (AvgIpc) is 2.93. The molecule has 1 atom stereocenters. The summed E-state index contributed by atoms with van der Waals surface area (Å²) in [6.07, 6.45) is 2.34. The van der Waals surface area contributed by atoms with Crippen LogP contribution in [0.3, 0.4) is 0 Å². The minimum atomic E-state index is -0.503. The van der Waals surface area contributed by atoms with E-state index in [2.05, 4.69) is 11.9 Å². The summed E-state index contributed by atoms with van der Waals surface area (Å²) in [5.41, 5.74) is 6.02. The molecule has 4 nitrogen and oxygen atoms in total. The Morgan fingerprint density at radius 1 is 1.58 bits per heavy atom. The Morgan fingerprint density at radius 3 is 2.84 bits per heavy atom. The van der Waals surface area contributed by atoms with Crippen molar-refractivity contribution in [3.05, 3.63) is 22.4 Å². The van der Waals surface area contributed by atoms with E-state index < -0.39 is 6.04 Å². The van der Waals surface area contributed by atoms with Crippen molar-refractivity contribution in [3.63, 3.8) is 0 Å². The fraction of sp³-hybridized carbons (Fsp3) is 0.643. The smallest absolute Gasteiger partial charge is 0.244 e. The summed E-state index contributed by atoms with van der Waals surface area (Å²) < 4.78 is 0. The molecule has 5 heteroatoms. The molecule has 1 amide bonds. The standard InChI is InChI=1S/C14H23N3OS/c1-16-7-5-11(6-8-16)10-17(2)14(18)13(15)12-4-3-9-19-12/h3-4,9,11,13H,5-8,10,15H2,1-2H3. The first-order valence-electron chi connectivity index (χ1n) is 6.80. The van der Waals surface area contributed by atoms with Gasteiger partial charge in [-0.1, -0.05) is 6.07 Å². The highest BCUT2D eigenvalue weighted by Crippen LogP contribution is 2.21. The van der Waals surface area contributed by atoms with Gasteiger partial charge >= 0.3 is 0 Å². The SMILES string of the molecule is CN1CCC(CN(C)C(=O)C(N)c2cccs2)CC1. The molecule has 0 aromatic carbocycles. The first-order chi connectivity index (χ1) is 9.08. The minimum Gasteiger partial charge on any atom is -0.344 e. The van der Waals surface area contributed by atoms with Gasteiger partial charge in [0.2, 0.25) is 5.91 Å². The van der Waals surface area contributed by atoms with Crippen molar-refractivity contribution in [1.29, 1.82) is 0 Å². The molecule has 2 heterocycles. The third kappa shape index (κ3) is 3.78. The molecule has 1 aliphatic heterocycles. The van der Waals surface area contributed by atoms with E-state index in [0.717, 1.165) is 24.5 Å². The van der Waals surface area contributed by atoms with Gasteiger partial charge in [-0.15, -0.1) is 11.3 Å². The molecule has 2 rings (SSSR count). The first-order valence-corrected chi connectivity index (χ1v) is 7.68. The fourth-order valence-corrected chi connectivity index (χ4v) is 3.27. The lowest BCUT2D eigenvalue weighted by Crippen LogP contribution is -2.41. The van der Waals surface area contributed by atoms with E-state index in [1.54, 1.807) is 16.2 Å². The zero-order valence-corrected chi connectivity index (χ0v) is 12.5. The molecular weight excluding hydrogens is 258 g/mol. The van der Waals surface area contributed by atoms with E-state index in [4.69, 9.17) is 5.73 Å². The highest BCUT2D eigenvalue weighted by molar-refractivity contribution is 7.10. The van der Waals surface area contributed by atoms with Crippen LogP contribution >= 0.6 is 11.3 Å². The second kappa shape index (κ2) is 6.50. The van der Waals surface area contributed by atoms with E-state index in [9.17, 15) is 4.79 Å². The van der Waals surface area contributed by atoms with E-state index in [1.165, 1.54) is 12.8 Å². The highest BCUT2D eigenvalue weighted by atomic mass is 32.1. The monoisotopic (exact) mass is 281 g/mol. The van der Waals surface area contributed by atoms with E-state index in [0.29, 0.717) is 5.92 Å². The van der Waals surface area contributed by atoms with Crippen LogP contribution < -0.4 is 5.73 Å². The Kier molecular flexibility index (Phi) is 4.96. The molecule has 2 N–H and O–H groups in total. The van der Waals surface area contributed by atoms with Gasteiger partial charge in [0.1, 0.15) is 6.04 Å². The maximum atomic E-state index is 12.3. The lowest BCUT2D eigenvalue weighted by atomic mass is 9.96. The summed E-state index contributed by atoms with van der Waals surface area (Å²) in [5, 5.41) is 1.96. The van der Waals surface area contributed by atoms with E-state index >= 15 is 0 Å². The molecule has 106 valence electrons. The third-order valence-corrected chi connectivity index (χ3v) is 4.82. The van der Waals surface area contributed by atoms with Crippen molar-refractivity contribution in [1.82, 2.24) is 9.80 Å². The molecule has 1 fully saturated rings. The molecule has 0 bridgehead atoms. The summed E-state index contributed by atoms with van der Waals surface area (Å²) in [4.78, 5) is 17.4.